The molecule has 1 aromatic heterocycles. The Balaban J connectivity index is 1.66. The minimum atomic E-state index is -0.716. The molecule has 0 saturated carbocycles. The SMILES string of the molecule is CCC(C)C(NC(=O)Nc1ccc(C)cc1)C(=O)Nc1nnc(-c2ccc(N(C)C)cc2)s1. The van der Waals surface area contributed by atoms with Gasteiger partial charge in [0.25, 0.3) is 0 Å². The van der Waals surface area contributed by atoms with E-state index in [2.05, 4.69) is 26.1 Å². The van der Waals surface area contributed by atoms with E-state index in [0.717, 1.165) is 23.2 Å². The lowest BCUT2D eigenvalue weighted by Gasteiger charge is -2.23. The molecule has 8 nitrogen and oxygen atoms in total. The number of carbonyl (C=O) groups excluding carboxylic acids is 2. The number of aromatic nitrogens is 2. The third-order valence-electron chi connectivity index (χ3n) is 5.38. The second-order valence-corrected chi connectivity index (χ2v) is 9.15. The van der Waals surface area contributed by atoms with Crippen molar-refractivity contribution in [2.45, 2.75) is 33.2 Å². The Labute approximate surface area is 198 Å². The molecule has 1 heterocycles. The fourth-order valence-corrected chi connectivity index (χ4v) is 3.87. The van der Waals surface area contributed by atoms with Crippen molar-refractivity contribution in [3.63, 3.8) is 0 Å². The van der Waals surface area contributed by atoms with Crippen molar-refractivity contribution >= 4 is 39.8 Å². The van der Waals surface area contributed by atoms with E-state index in [0.29, 0.717) is 15.8 Å². The van der Waals surface area contributed by atoms with Crippen LogP contribution in [-0.2, 0) is 4.79 Å². The monoisotopic (exact) mass is 466 g/mol. The molecule has 174 valence electrons. The molecule has 3 rings (SSSR count). The van der Waals surface area contributed by atoms with Crippen LogP contribution in [0.4, 0.5) is 21.3 Å². The summed E-state index contributed by atoms with van der Waals surface area (Å²) in [6.07, 6.45) is 0.725. The molecule has 0 aliphatic carbocycles. The molecule has 2 unspecified atom stereocenters. The summed E-state index contributed by atoms with van der Waals surface area (Å²) in [5.74, 6) is -0.395. The van der Waals surface area contributed by atoms with Gasteiger partial charge in [-0.15, -0.1) is 10.2 Å². The van der Waals surface area contributed by atoms with E-state index in [1.54, 1.807) is 0 Å². The molecule has 0 aliphatic heterocycles. The number of hydrogen-bond acceptors (Lipinski definition) is 6. The summed E-state index contributed by atoms with van der Waals surface area (Å²) < 4.78 is 0. The van der Waals surface area contributed by atoms with Crippen LogP contribution >= 0.6 is 11.3 Å². The normalized spacial score (nSPS) is 12.5. The van der Waals surface area contributed by atoms with E-state index in [1.165, 1.54) is 11.3 Å². The molecule has 3 aromatic rings. The lowest BCUT2D eigenvalue weighted by molar-refractivity contribution is -0.119. The van der Waals surface area contributed by atoms with Gasteiger partial charge in [0.05, 0.1) is 0 Å². The van der Waals surface area contributed by atoms with Gasteiger partial charge >= 0.3 is 6.03 Å². The van der Waals surface area contributed by atoms with Crippen LogP contribution in [0.5, 0.6) is 0 Å². The number of carbonyl (C=O) groups is 2. The van der Waals surface area contributed by atoms with E-state index >= 15 is 0 Å². The molecular weight excluding hydrogens is 436 g/mol. The summed E-state index contributed by atoms with van der Waals surface area (Å²) in [6.45, 7) is 5.88. The summed E-state index contributed by atoms with van der Waals surface area (Å²) in [5.41, 5.74) is 3.77. The first kappa shape index (κ1) is 24.2. The first-order valence-electron chi connectivity index (χ1n) is 10.8. The highest BCUT2D eigenvalue weighted by Gasteiger charge is 2.27. The Morgan fingerprint density at radius 1 is 1.00 bits per heavy atom. The fourth-order valence-electron chi connectivity index (χ4n) is 3.12. The number of aryl methyl sites for hydroxylation is 1. The van der Waals surface area contributed by atoms with Gasteiger partial charge in [-0.3, -0.25) is 10.1 Å². The maximum absolute atomic E-state index is 13.0. The predicted molar refractivity (Wildman–Crippen MR) is 135 cm³/mol. The second kappa shape index (κ2) is 10.9. The highest BCUT2D eigenvalue weighted by molar-refractivity contribution is 7.18. The Kier molecular flexibility index (Phi) is 8.00. The van der Waals surface area contributed by atoms with Gasteiger partial charge < -0.3 is 15.5 Å². The molecule has 0 radical (unpaired) electrons. The van der Waals surface area contributed by atoms with Gasteiger partial charge in [0.15, 0.2) is 0 Å². The average molecular weight is 467 g/mol. The first-order chi connectivity index (χ1) is 15.8. The number of anilines is 3. The van der Waals surface area contributed by atoms with Crippen molar-refractivity contribution in [1.29, 1.82) is 0 Å². The summed E-state index contributed by atoms with van der Waals surface area (Å²) in [7, 11) is 3.97. The summed E-state index contributed by atoms with van der Waals surface area (Å²) in [6, 6.07) is 14.3. The van der Waals surface area contributed by atoms with Crippen LogP contribution < -0.4 is 20.9 Å². The number of rotatable bonds is 8. The Hall–Kier alpha value is -3.46. The number of benzene rings is 2. The van der Waals surface area contributed by atoms with E-state index < -0.39 is 12.1 Å². The van der Waals surface area contributed by atoms with Crippen LogP contribution in [0.3, 0.4) is 0 Å². The fraction of sp³-hybridized carbons (Fsp3) is 0.333. The number of nitrogens with zero attached hydrogens (tertiary/aromatic N) is 3. The standard InChI is InChI=1S/C24H30N6O2S/c1-6-16(3)20(26-23(32)25-18-11-7-15(2)8-12-18)21(31)27-24-29-28-22(33-24)17-9-13-19(14-10-17)30(4)5/h7-14,16,20H,6H2,1-5H3,(H2,25,26,32)(H,27,29,31). The lowest BCUT2D eigenvalue weighted by Crippen LogP contribution is -2.49. The van der Waals surface area contributed by atoms with Crippen LogP contribution in [0.15, 0.2) is 48.5 Å². The van der Waals surface area contributed by atoms with Crippen LogP contribution in [0.1, 0.15) is 25.8 Å². The highest BCUT2D eigenvalue weighted by Crippen LogP contribution is 2.28. The molecule has 0 spiro atoms. The second-order valence-electron chi connectivity index (χ2n) is 8.17. The Bertz CT molecular complexity index is 1080. The zero-order valence-electron chi connectivity index (χ0n) is 19.5. The lowest BCUT2D eigenvalue weighted by atomic mass is 9.98. The largest absolute Gasteiger partial charge is 0.378 e. The summed E-state index contributed by atoms with van der Waals surface area (Å²) in [5, 5.41) is 17.8. The van der Waals surface area contributed by atoms with Crippen LogP contribution in [-0.4, -0.2) is 42.3 Å². The van der Waals surface area contributed by atoms with Gasteiger partial charge in [-0.05, 0) is 49.2 Å². The Morgan fingerprint density at radius 3 is 2.27 bits per heavy atom. The smallest absolute Gasteiger partial charge is 0.319 e. The molecular formula is C24H30N6O2S. The van der Waals surface area contributed by atoms with E-state index in [-0.39, 0.29) is 11.8 Å². The average Bonchev–Trinajstić information content (AvgIpc) is 3.27. The molecule has 0 aliphatic rings. The zero-order chi connectivity index (χ0) is 24.0. The molecule has 9 heteroatoms. The third kappa shape index (κ3) is 6.52. The van der Waals surface area contributed by atoms with Gasteiger partial charge in [-0.2, -0.15) is 0 Å². The predicted octanol–water partition coefficient (Wildman–Crippen LogP) is 4.75. The number of urea groups is 1. The van der Waals surface area contributed by atoms with Crippen molar-refractivity contribution in [2.24, 2.45) is 5.92 Å². The molecule has 3 amide bonds. The molecule has 2 aromatic carbocycles. The quantitative estimate of drug-likeness (QED) is 0.445. The number of hydrogen-bond donors (Lipinski definition) is 3. The number of amides is 3. The third-order valence-corrected chi connectivity index (χ3v) is 6.27. The van der Waals surface area contributed by atoms with E-state index in [9.17, 15) is 9.59 Å². The van der Waals surface area contributed by atoms with Gasteiger partial charge in [-0.25, -0.2) is 4.79 Å². The minimum absolute atomic E-state index is 0.0697. The van der Waals surface area contributed by atoms with Gasteiger partial charge in [0, 0.05) is 31.0 Å². The molecule has 3 N–H and O–H groups in total. The van der Waals surface area contributed by atoms with Gasteiger partial charge in [0.2, 0.25) is 11.0 Å². The van der Waals surface area contributed by atoms with Crippen molar-refractivity contribution < 1.29 is 9.59 Å². The van der Waals surface area contributed by atoms with Gasteiger partial charge in [-0.1, -0.05) is 49.3 Å². The summed E-state index contributed by atoms with van der Waals surface area (Å²) >= 11 is 1.29. The van der Waals surface area contributed by atoms with Crippen molar-refractivity contribution in [2.75, 3.05) is 29.6 Å². The number of nitrogens with one attached hydrogen (secondary N) is 3. The van der Waals surface area contributed by atoms with Crippen molar-refractivity contribution in [3.8, 4) is 10.6 Å². The highest BCUT2D eigenvalue weighted by atomic mass is 32.1. The zero-order valence-corrected chi connectivity index (χ0v) is 20.4. The molecule has 2 atom stereocenters. The van der Waals surface area contributed by atoms with Gasteiger partial charge in [0.1, 0.15) is 11.0 Å². The molecule has 0 fully saturated rings. The van der Waals surface area contributed by atoms with E-state index in [4.69, 9.17) is 0 Å². The van der Waals surface area contributed by atoms with Crippen LogP contribution in [0.25, 0.3) is 10.6 Å². The topological polar surface area (TPSA) is 99.2 Å². The molecule has 33 heavy (non-hydrogen) atoms. The van der Waals surface area contributed by atoms with Crippen molar-refractivity contribution in [3.05, 3.63) is 54.1 Å². The van der Waals surface area contributed by atoms with E-state index in [1.807, 2.05) is 88.3 Å². The molecule has 0 bridgehead atoms. The van der Waals surface area contributed by atoms with Crippen LogP contribution in [0.2, 0.25) is 0 Å². The molecule has 0 saturated heterocycles. The first-order valence-corrected chi connectivity index (χ1v) is 11.6. The maximum Gasteiger partial charge on any atom is 0.319 e. The maximum atomic E-state index is 13.0. The minimum Gasteiger partial charge on any atom is -0.378 e. The van der Waals surface area contributed by atoms with Crippen LogP contribution in [0, 0.1) is 12.8 Å². The van der Waals surface area contributed by atoms with Crippen molar-refractivity contribution in [1.82, 2.24) is 15.5 Å². The summed E-state index contributed by atoms with van der Waals surface area (Å²) in [4.78, 5) is 27.5. The Morgan fingerprint density at radius 2 is 1.67 bits per heavy atom.